The van der Waals surface area contributed by atoms with E-state index in [2.05, 4.69) is 9.97 Å². The zero-order valence-electron chi connectivity index (χ0n) is 53.2. The van der Waals surface area contributed by atoms with Crippen molar-refractivity contribution in [2.24, 2.45) is 0 Å². The number of hydrogen-bond donors (Lipinski definition) is 18. The summed E-state index contributed by atoms with van der Waals surface area (Å²) < 4.78 is 84.3. The van der Waals surface area contributed by atoms with Gasteiger partial charge >= 0.3 is 28.4 Å². The molecule has 0 bridgehead atoms. The van der Waals surface area contributed by atoms with Crippen LogP contribution in [-0.2, 0) is 47.4 Å². The number of anilines is 2. The van der Waals surface area contributed by atoms with Crippen LogP contribution in [0.5, 0.6) is 0 Å². The van der Waals surface area contributed by atoms with Crippen LogP contribution in [0.25, 0.3) is 0 Å². The largest absolute Gasteiger partial charge is 0.391 e. The number of rotatable bonds is 18. The molecule has 10 heterocycles. The lowest BCUT2D eigenvalue weighted by Gasteiger charge is -2.31. The zero-order chi connectivity index (χ0) is 74.0. The molecule has 5 saturated heterocycles. The van der Waals surface area contributed by atoms with E-state index in [1.165, 1.54) is 31.6 Å². The third kappa shape index (κ3) is 16.6. The van der Waals surface area contributed by atoms with E-state index in [-0.39, 0.29) is 24.8 Å². The van der Waals surface area contributed by atoms with Gasteiger partial charge in [-0.05, 0) is 39.8 Å². The minimum atomic E-state index is -2.02. The molecule has 0 amide bonds. The summed E-state index contributed by atoms with van der Waals surface area (Å²) in [4.78, 5) is 104. The number of aromatic amines is 3. The van der Waals surface area contributed by atoms with E-state index in [0.29, 0.717) is 0 Å². The molecule has 0 radical (unpaired) electrons. The highest BCUT2D eigenvalue weighted by Gasteiger charge is 2.61. The van der Waals surface area contributed by atoms with Gasteiger partial charge in [0.05, 0.1) is 6.10 Å². The van der Waals surface area contributed by atoms with Crippen LogP contribution < -0.4 is 56.6 Å². The Balaban J connectivity index is 0.000000195. The molecule has 10 rings (SSSR count). The van der Waals surface area contributed by atoms with E-state index in [9.17, 15) is 108 Å². The fraction of sp³-hybridized carbons (Fsp3) is 0.630. The Kier molecular flexibility index (Phi) is 26.9. The van der Waals surface area contributed by atoms with E-state index in [1.54, 1.807) is 27.7 Å². The zero-order valence-corrected chi connectivity index (χ0v) is 53.2. The van der Waals surface area contributed by atoms with E-state index < -0.39 is 206 Å². The number of aliphatic hydroxyl groups excluding tert-OH is 13. The lowest BCUT2D eigenvalue weighted by atomic mass is 10.1. The normalized spacial score (nSPS) is 33.8. The van der Waals surface area contributed by atoms with Gasteiger partial charge in [0.1, 0.15) is 93.5 Å². The van der Waals surface area contributed by atoms with E-state index in [0.717, 1.165) is 66.7 Å². The summed E-state index contributed by atoms with van der Waals surface area (Å²) in [5.74, 6) is -9.37. The number of H-pyrrole nitrogens is 3. The summed E-state index contributed by atoms with van der Waals surface area (Å²) in [6, 6.07) is 5.81. The molecule has 0 spiro atoms. The number of ether oxygens (including phenoxy) is 10. The predicted molar refractivity (Wildman–Crippen MR) is 321 cm³/mol. The summed E-state index contributed by atoms with van der Waals surface area (Å²) in [5, 5.41) is 126. The monoisotopic (exact) mass is 1430 g/mol. The van der Waals surface area contributed by atoms with Crippen LogP contribution in [0.15, 0.2) is 99.7 Å². The highest BCUT2D eigenvalue weighted by molar-refractivity contribution is 5.24. The van der Waals surface area contributed by atoms with Gasteiger partial charge in [-0.1, -0.05) is 0 Å². The molecule has 554 valence electrons. The summed E-state index contributed by atoms with van der Waals surface area (Å²) in [7, 11) is 2.33. The molecule has 0 saturated carbocycles. The first-order valence-corrected chi connectivity index (χ1v) is 29.5. The minimum absolute atomic E-state index is 0.00861. The van der Waals surface area contributed by atoms with Crippen LogP contribution in [0, 0.1) is 0 Å². The van der Waals surface area contributed by atoms with Crippen molar-refractivity contribution in [1.29, 1.82) is 0 Å². The number of hydrogen-bond acceptors (Lipinski definition) is 35. The molecule has 5 aliphatic rings. The number of nitrogens with zero attached hydrogens (tertiary/aromatic N) is 7. The second-order valence-electron chi connectivity index (χ2n) is 22.1. The van der Waals surface area contributed by atoms with Gasteiger partial charge in [-0.2, -0.15) is 9.97 Å². The summed E-state index contributed by atoms with van der Waals surface area (Å²) in [6.45, 7) is 3.04. The van der Waals surface area contributed by atoms with Crippen LogP contribution in [0.1, 0.15) is 58.8 Å². The van der Waals surface area contributed by atoms with Crippen molar-refractivity contribution in [3.05, 3.63) is 145 Å². The van der Waals surface area contributed by atoms with Crippen molar-refractivity contribution >= 4 is 11.6 Å². The second-order valence-corrected chi connectivity index (χ2v) is 22.1. The van der Waals surface area contributed by atoms with Crippen molar-refractivity contribution in [3.8, 4) is 0 Å². The summed E-state index contributed by atoms with van der Waals surface area (Å²) in [6.07, 6.45) is -17.9. The number of nitrogens with one attached hydrogen (secondary N) is 3. The average Bonchev–Trinajstić information content (AvgIpc) is 1.66. The third-order valence-corrected chi connectivity index (χ3v) is 15.5. The Morgan fingerprint density at radius 1 is 0.465 bits per heavy atom. The van der Waals surface area contributed by atoms with Crippen molar-refractivity contribution in [3.63, 3.8) is 0 Å². The SMILES string of the molecule is CC(C)O[C@]1(CO)O[C@@H](n2ccc(=O)[nH]c2=O)[C@H](O)[C@@H]1O.CCO[C@]1(CO)O[C@@H](n2ccc(=O)[nH]c2=O)[C@H](F)[C@@H]1O.CCO[C@]1(CO)O[C@@H](n2ccc(=O)[nH]c2=O)[C@H](O)[C@@H]1O.CO[C@]1(CO)O[C@@H](n2ccc(N)nc2=O)[C@H](O)[C@@H]1F.CO[C@]1(CO)O[C@@H](n2ccc(N)nc2=O)[C@H](O)[C@@H]1O. The minimum Gasteiger partial charge on any atom is -0.391 e. The first kappa shape index (κ1) is 80.3. The molecule has 0 aliphatic carbocycles. The maximum Gasteiger partial charge on any atom is 0.351 e. The number of aliphatic hydroxyl groups is 13. The maximum atomic E-state index is 14.1. The van der Waals surface area contributed by atoms with Crippen molar-refractivity contribution < 1.29 is 123 Å². The molecule has 99 heavy (non-hydrogen) atoms. The molecule has 5 aromatic heterocycles. The van der Waals surface area contributed by atoms with E-state index in [1.807, 2.05) is 15.0 Å². The number of halogens is 2. The van der Waals surface area contributed by atoms with Crippen LogP contribution in [0.2, 0.25) is 0 Å². The molecular formula is C54H78F2N12O31. The van der Waals surface area contributed by atoms with Crippen LogP contribution >= 0.6 is 0 Å². The molecule has 0 aromatic carbocycles. The molecule has 20 N–H and O–H groups in total. The van der Waals surface area contributed by atoms with Crippen LogP contribution in [-0.4, -0.2) is 271 Å². The molecule has 20 atom stereocenters. The Bertz CT molecular complexity index is 3780. The van der Waals surface area contributed by atoms with Crippen molar-refractivity contribution in [1.82, 2.24) is 47.8 Å². The number of methoxy groups -OCH3 is 2. The third-order valence-electron chi connectivity index (χ3n) is 15.5. The Morgan fingerprint density at radius 3 is 1.10 bits per heavy atom. The first-order valence-electron chi connectivity index (χ1n) is 29.5. The van der Waals surface area contributed by atoms with Gasteiger partial charge in [0.2, 0.25) is 28.9 Å². The predicted octanol–water partition coefficient (Wildman–Crippen LogP) is -10.3. The molecule has 5 aliphatic heterocycles. The molecule has 0 unspecified atom stereocenters. The number of aromatic nitrogens is 10. The van der Waals surface area contributed by atoms with Gasteiger partial charge in [0.25, 0.3) is 16.7 Å². The fourth-order valence-corrected chi connectivity index (χ4v) is 10.4. The number of nitrogen functional groups attached to an aromatic ring is 2. The molecule has 45 heteroatoms. The second kappa shape index (κ2) is 33.2. The highest BCUT2D eigenvalue weighted by Crippen LogP contribution is 2.42. The molecule has 5 aromatic rings. The molecule has 5 fully saturated rings. The van der Waals surface area contributed by atoms with Crippen molar-refractivity contribution in [2.45, 2.75) is 155 Å². The quantitative estimate of drug-likeness (QED) is 0.0387. The standard InChI is InChI=1S/C12H18N2O7.C11H15FN2O6.C11H16N2O7.C10H14FN3O5.C10H15N3O6/c1-6(2)20-12(5-15)9(18)8(17)10(21-12)14-4-3-7(16)13-11(14)19;1-2-19-11(5-15)8(17)7(12)9(20-11)14-4-3-6(16)13-10(14)18;1-2-19-11(5-14)8(17)7(16)9(20-11)13-4-3-6(15)12-10(13)18;1-18-10(4-15)7(11)6(16)8(19-10)14-3-2-5(12)13-9(14)17;1-18-10(4-14)7(16)6(15)8(19-10)13-3-2-5(11)12-9(13)17/h3-4,6,8-10,15,17-18H,5H2,1-2H3,(H,13,16,19);3-4,7-9,15,17H,2,5H2,1H3,(H,13,16,18);3-4,7-9,14,16-17H,2,5H2,1H3,(H,12,15,18);2-3,6-8,15-16H,4H2,1H3,(H2,12,13,17);2-3,6-8,14-16H,4H2,1H3,(H2,11,12,17)/t8-,9+,10-,12-;2*7-,8+,9-,11-;2*6-,7+,8-,10-/m11111/s1. The number of alkyl halides is 2. The fourth-order valence-electron chi connectivity index (χ4n) is 10.4. The first-order chi connectivity index (χ1) is 46.6. The van der Waals surface area contributed by atoms with Gasteiger partial charge in [-0.25, -0.2) is 32.8 Å². The topological polar surface area (TPSA) is 642 Å². The Labute approximate surface area is 552 Å². The van der Waals surface area contributed by atoms with Gasteiger partial charge in [0.15, 0.2) is 43.5 Å². The van der Waals surface area contributed by atoms with Crippen LogP contribution in [0.3, 0.4) is 0 Å². The lowest BCUT2D eigenvalue weighted by molar-refractivity contribution is -0.294. The maximum absolute atomic E-state index is 14.1. The highest BCUT2D eigenvalue weighted by atomic mass is 19.1. The van der Waals surface area contributed by atoms with E-state index >= 15 is 0 Å². The van der Waals surface area contributed by atoms with Gasteiger partial charge in [-0.15, -0.1) is 0 Å². The molecule has 43 nitrogen and oxygen atoms in total. The summed E-state index contributed by atoms with van der Waals surface area (Å²) in [5.41, 5.74) is 4.78. The smallest absolute Gasteiger partial charge is 0.351 e. The van der Waals surface area contributed by atoms with Gasteiger partial charge in [-0.3, -0.25) is 52.2 Å². The summed E-state index contributed by atoms with van der Waals surface area (Å²) >= 11 is 0. The van der Waals surface area contributed by atoms with Gasteiger partial charge < -0.3 is 125 Å². The number of nitrogens with two attached hydrogens (primary N) is 2. The lowest BCUT2D eigenvalue weighted by Crippen LogP contribution is -2.50. The molecular weight excluding hydrogens is 1350 g/mol. The average molecular weight is 1430 g/mol. The Morgan fingerprint density at radius 2 is 0.768 bits per heavy atom. The van der Waals surface area contributed by atoms with Crippen LogP contribution in [0.4, 0.5) is 20.4 Å². The Hall–Kier alpha value is -7.66. The van der Waals surface area contributed by atoms with Crippen molar-refractivity contribution in [2.75, 3.05) is 71.9 Å². The van der Waals surface area contributed by atoms with E-state index in [4.69, 9.17) is 63.9 Å². The van der Waals surface area contributed by atoms with Gasteiger partial charge in [0, 0.05) is 76.6 Å².